The van der Waals surface area contributed by atoms with Gasteiger partial charge in [0.25, 0.3) is 5.56 Å². The first kappa shape index (κ1) is 13.5. The smallest absolute Gasteiger partial charge is 0.266 e. The molecule has 0 atom stereocenters. The minimum atomic E-state index is -0.0948. The highest BCUT2D eigenvalue weighted by Crippen LogP contribution is 2.21. The van der Waals surface area contributed by atoms with Crippen LogP contribution in [0.25, 0.3) is 0 Å². The second-order valence-corrected chi connectivity index (χ2v) is 5.83. The van der Waals surface area contributed by atoms with Gasteiger partial charge in [0.15, 0.2) is 0 Å². The van der Waals surface area contributed by atoms with E-state index in [-0.39, 0.29) is 11.5 Å². The van der Waals surface area contributed by atoms with Crippen LogP contribution in [0.2, 0.25) is 0 Å². The highest BCUT2D eigenvalue weighted by molar-refractivity contribution is 9.10. The van der Waals surface area contributed by atoms with Gasteiger partial charge in [-0.25, -0.2) is 4.98 Å². The number of aromatic amines is 1. The van der Waals surface area contributed by atoms with E-state index in [0.29, 0.717) is 10.4 Å². The Morgan fingerprint density at radius 1 is 1.28 bits per heavy atom. The van der Waals surface area contributed by atoms with Crippen molar-refractivity contribution in [3.63, 3.8) is 0 Å². The van der Waals surface area contributed by atoms with Crippen molar-refractivity contribution in [2.75, 3.05) is 38.1 Å². The lowest BCUT2D eigenvalue weighted by atomic mass is 10.1. The molecule has 0 aromatic carbocycles. The lowest BCUT2D eigenvalue weighted by Crippen LogP contribution is -2.45. The monoisotopic (exact) mass is 314 g/mol. The second kappa shape index (κ2) is 5.40. The number of aromatic nitrogens is 2. The summed E-state index contributed by atoms with van der Waals surface area (Å²) in [6.45, 7) is 7.88. The molecule has 0 amide bonds. The van der Waals surface area contributed by atoms with Gasteiger partial charge in [0.2, 0.25) is 5.95 Å². The summed E-state index contributed by atoms with van der Waals surface area (Å²) in [6.07, 6.45) is 0. The minimum absolute atomic E-state index is 0.0948. The Morgan fingerprint density at radius 2 is 1.89 bits per heavy atom. The Morgan fingerprint density at radius 3 is 2.44 bits per heavy atom. The molecule has 1 aromatic rings. The van der Waals surface area contributed by atoms with Gasteiger partial charge in [0.05, 0.1) is 5.69 Å². The number of halogens is 1. The minimum Gasteiger partial charge on any atom is -0.340 e. The van der Waals surface area contributed by atoms with E-state index >= 15 is 0 Å². The number of nitrogens with zero attached hydrogens (tertiary/aromatic N) is 3. The number of rotatable bonds is 2. The van der Waals surface area contributed by atoms with Crippen LogP contribution in [0.5, 0.6) is 0 Å². The molecule has 1 aliphatic rings. The standard InChI is InChI=1S/C12H19BrN4O/c1-8(2)10-9(13)11(18)15-12(14-10)17-6-4-16(3)5-7-17/h8H,4-7H2,1-3H3,(H,14,15,18). The maximum absolute atomic E-state index is 11.9. The predicted molar refractivity (Wildman–Crippen MR) is 76.4 cm³/mol. The fourth-order valence-electron chi connectivity index (χ4n) is 2.01. The van der Waals surface area contributed by atoms with E-state index in [2.05, 4.69) is 42.7 Å². The average Bonchev–Trinajstić information content (AvgIpc) is 2.33. The van der Waals surface area contributed by atoms with Crippen LogP contribution in [0.4, 0.5) is 5.95 Å². The van der Waals surface area contributed by atoms with Gasteiger partial charge in [-0.3, -0.25) is 9.78 Å². The zero-order chi connectivity index (χ0) is 13.3. The molecule has 0 spiro atoms. The van der Waals surface area contributed by atoms with Crippen LogP contribution in [0.3, 0.4) is 0 Å². The van der Waals surface area contributed by atoms with E-state index in [0.717, 1.165) is 31.9 Å². The number of hydrogen-bond acceptors (Lipinski definition) is 4. The molecule has 5 nitrogen and oxygen atoms in total. The zero-order valence-electron chi connectivity index (χ0n) is 11.0. The normalized spacial score (nSPS) is 17.5. The quantitative estimate of drug-likeness (QED) is 0.896. The summed E-state index contributed by atoms with van der Waals surface area (Å²) in [6, 6.07) is 0. The molecule has 0 bridgehead atoms. The molecule has 1 saturated heterocycles. The third-order valence-corrected chi connectivity index (χ3v) is 3.99. The summed E-state index contributed by atoms with van der Waals surface area (Å²) in [4.78, 5) is 23.7. The van der Waals surface area contributed by atoms with Crippen LogP contribution in [0.15, 0.2) is 9.27 Å². The second-order valence-electron chi connectivity index (χ2n) is 5.03. The summed E-state index contributed by atoms with van der Waals surface area (Å²) in [5.41, 5.74) is 0.732. The first-order chi connectivity index (χ1) is 8.49. The third kappa shape index (κ3) is 2.75. The first-order valence-corrected chi connectivity index (χ1v) is 7.01. The first-order valence-electron chi connectivity index (χ1n) is 6.22. The van der Waals surface area contributed by atoms with Crippen LogP contribution in [0, 0.1) is 0 Å². The molecule has 100 valence electrons. The number of hydrogen-bond donors (Lipinski definition) is 1. The lowest BCUT2D eigenvalue weighted by molar-refractivity contribution is 0.311. The van der Waals surface area contributed by atoms with Crippen LogP contribution in [0.1, 0.15) is 25.5 Å². The summed E-state index contributed by atoms with van der Waals surface area (Å²) in [7, 11) is 2.11. The van der Waals surface area contributed by atoms with E-state index < -0.39 is 0 Å². The molecule has 0 unspecified atom stereocenters. The fraction of sp³-hybridized carbons (Fsp3) is 0.667. The van der Waals surface area contributed by atoms with Crippen molar-refractivity contribution in [3.8, 4) is 0 Å². The number of likely N-dealkylation sites (N-methyl/N-ethyl adjacent to an activating group) is 1. The highest BCUT2D eigenvalue weighted by atomic mass is 79.9. The molecular weight excluding hydrogens is 296 g/mol. The summed E-state index contributed by atoms with van der Waals surface area (Å²) in [5, 5.41) is 0. The summed E-state index contributed by atoms with van der Waals surface area (Å²) in [5.74, 6) is 0.924. The molecule has 1 N–H and O–H groups in total. The zero-order valence-corrected chi connectivity index (χ0v) is 12.6. The van der Waals surface area contributed by atoms with Crippen molar-refractivity contribution in [2.24, 2.45) is 0 Å². The Hall–Kier alpha value is -0.880. The van der Waals surface area contributed by atoms with Crippen LogP contribution in [-0.4, -0.2) is 48.1 Å². The SMILES string of the molecule is CC(C)c1nc(N2CCN(C)CC2)[nH]c(=O)c1Br. The molecule has 1 fully saturated rings. The maximum atomic E-state index is 11.9. The number of piperazine rings is 1. The number of H-pyrrole nitrogens is 1. The molecular formula is C12H19BrN4O. The van der Waals surface area contributed by atoms with Gasteiger partial charge in [-0.1, -0.05) is 13.8 Å². The molecule has 6 heteroatoms. The van der Waals surface area contributed by atoms with Gasteiger partial charge in [0.1, 0.15) is 4.47 Å². The predicted octanol–water partition coefficient (Wildman–Crippen LogP) is 1.41. The van der Waals surface area contributed by atoms with Gasteiger partial charge in [-0.15, -0.1) is 0 Å². The van der Waals surface area contributed by atoms with E-state index in [1.165, 1.54) is 0 Å². The molecule has 1 aromatic heterocycles. The molecule has 18 heavy (non-hydrogen) atoms. The molecule has 1 aliphatic heterocycles. The van der Waals surface area contributed by atoms with Crippen molar-refractivity contribution >= 4 is 21.9 Å². The van der Waals surface area contributed by atoms with Crippen molar-refractivity contribution in [3.05, 3.63) is 20.5 Å². The average molecular weight is 315 g/mol. The topological polar surface area (TPSA) is 52.2 Å². The van der Waals surface area contributed by atoms with Gasteiger partial charge in [-0.05, 0) is 28.9 Å². The van der Waals surface area contributed by atoms with Crippen molar-refractivity contribution in [2.45, 2.75) is 19.8 Å². The Kier molecular flexibility index (Phi) is 4.07. The highest BCUT2D eigenvalue weighted by Gasteiger charge is 2.19. The third-order valence-electron chi connectivity index (χ3n) is 3.23. The summed E-state index contributed by atoms with van der Waals surface area (Å²) < 4.78 is 0.551. The molecule has 2 heterocycles. The van der Waals surface area contributed by atoms with E-state index in [9.17, 15) is 4.79 Å². The number of anilines is 1. The Bertz CT molecular complexity index is 477. The van der Waals surface area contributed by atoms with Crippen LogP contribution in [-0.2, 0) is 0 Å². The van der Waals surface area contributed by atoms with Crippen LogP contribution < -0.4 is 10.5 Å². The molecule has 0 aliphatic carbocycles. The molecule has 0 saturated carbocycles. The van der Waals surface area contributed by atoms with E-state index in [1.54, 1.807) is 0 Å². The van der Waals surface area contributed by atoms with Crippen molar-refractivity contribution in [1.82, 2.24) is 14.9 Å². The van der Waals surface area contributed by atoms with Crippen molar-refractivity contribution in [1.29, 1.82) is 0 Å². The van der Waals surface area contributed by atoms with E-state index in [4.69, 9.17) is 0 Å². The van der Waals surface area contributed by atoms with Gasteiger partial charge >= 0.3 is 0 Å². The molecule has 2 rings (SSSR count). The maximum Gasteiger partial charge on any atom is 0.266 e. The Balaban J connectivity index is 2.31. The lowest BCUT2D eigenvalue weighted by Gasteiger charge is -2.33. The van der Waals surface area contributed by atoms with Crippen molar-refractivity contribution < 1.29 is 0 Å². The largest absolute Gasteiger partial charge is 0.340 e. The van der Waals surface area contributed by atoms with E-state index in [1.807, 2.05) is 13.8 Å². The van der Waals surface area contributed by atoms with Crippen LogP contribution >= 0.6 is 15.9 Å². The fourth-order valence-corrected chi connectivity index (χ4v) is 2.66. The van der Waals surface area contributed by atoms with Gasteiger partial charge in [0, 0.05) is 26.2 Å². The number of nitrogens with one attached hydrogen (secondary N) is 1. The van der Waals surface area contributed by atoms with Gasteiger partial charge in [-0.2, -0.15) is 0 Å². The summed E-state index contributed by atoms with van der Waals surface area (Å²) >= 11 is 3.32. The Labute approximate surface area is 115 Å². The molecule has 0 radical (unpaired) electrons. The van der Waals surface area contributed by atoms with Gasteiger partial charge < -0.3 is 9.80 Å².